The van der Waals surface area contributed by atoms with Crippen molar-refractivity contribution in [2.75, 3.05) is 13.6 Å². The Morgan fingerprint density at radius 1 is 1.50 bits per heavy atom. The molecule has 9 heteroatoms. The van der Waals surface area contributed by atoms with Crippen molar-refractivity contribution >= 4 is 18.0 Å². The van der Waals surface area contributed by atoms with Gasteiger partial charge in [-0.25, -0.2) is 10.8 Å². The monoisotopic (exact) mass is 366 g/mol. The summed E-state index contributed by atoms with van der Waals surface area (Å²) in [4.78, 5) is 26.9. The highest BCUT2D eigenvalue weighted by Gasteiger charge is 2.28. The summed E-state index contributed by atoms with van der Waals surface area (Å²) in [5.74, 6) is 6.61. The third-order valence-electron chi connectivity index (χ3n) is 4.38. The Labute approximate surface area is 154 Å². The third-order valence-corrected chi connectivity index (χ3v) is 4.38. The quantitative estimate of drug-likeness (QED) is 0.380. The molecule has 1 aromatic heterocycles. The molecule has 146 valence electrons. The van der Waals surface area contributed by atoms with Gasteiger partial charge < -0.3 is 25.4 Å². The molecule has 2 unspecified atom stereocenters. The highest BCUT2D eigenvalue weighted by atomic mass is 16.3. The van der Waals surface area contributed by atoms with E-state index in [0.29, 0.717) is 24.1 Å². The lowest BCUT2D eigenvalue weighted by Gasteiger charge is -2.25. The molecule has 2 rings (SSSR count). The zero-order valence-electron chi connectivity index (χ0n) is 15.9. The number of carbonyl (C=O) groups is 2. The molecule has 0 aliphatic carbocycles. The van der Waals surface area contributed by atoms with Crippen molar-refractivity contribution in [3.8, 4) is 0 Å². The van der Waals surface area contributed by atoms with Gasteiger partial charge in [-0.3, -0.25) is 9.59 Å². The maximum absolute atomic E-state index is 11.1. The van der Waals surface area contributed by atoms with Crippen LogP contribution in [0.3, 0.4) is 0 Å². The molecule has 0 spiro atoms. The number of oxazole rings is 1. The van der Waals surface area contributed by atoms with Crippen LogP contribution in [-0.2, 0) is 9.59 Å². The van der Waals surface area contributed by atoms with Gasteiger partial charge in [-0.15, -0.1) is 0 Å². The fourth-order valence-electron chi connectivity index (χ4n) is 2.41. The molecule has 0 saturated carbocycles. The van der Waals surface area contributed by atoms with Gasteiger partial charge in [0.05, 0.1) is 6.20 Å². The second-order valence-corrected chi connectivity index (χ2v) is 6.47. The Morgan fingerprint density at radius 3 is 2.69 bits per heavy atom. The number of hydrogen-bond acceptors (Lipinski definition) is 7. The molecule has 1 aromatic rings. The number of rotatable bonds is 6. The lowest BCUT2D eigenvalue weighted by molar-refractivity contribution is -0.130. The minimum atomic E-state index is -0.225. The fraction of sp³-hybridized carbons (Fsp3) is 0.588. The SMILES string of the molecule is CC(C)C(C)N(N)/C=C(\N)c1ncco1.CNC(=O)C1CCCN1C=O. The molecule has 2 heterocycles. The molecule has 0 aromatic carbocycles. The lowest BCUT2D eigenvalue weighted by atomic mass is 10.1. The van der Waals surface area contributed by atoms with Crippen molar-refractivity contribution in [2.45, 2.75) is 45.7 Å². The van der Waals surface area contributed by atoms with Crippen molar-refractivity contribution in [3.63, 3.8) is 0 Å². The lowest BCUT2D eigenvalue weighted by Crippen LogP contribution is -2.41. The summed E-state index contributed by atoms with van der Waals surface area (Å²) >= 11 is 0. The number of nitrogens with one attached hydrogen (secondary N) is 1. The molecule has 9 nitrogen and oxygen atoms in total. The summed E-state index contributed by atoms with van der Waals surface area (Å²) in [6.07, 6.45) is 7.12. The normalized spacial score (nSPS) is 18.2. The van der Waals surface area contributed by atoms with Crippen molar-refractivity contribution in [3.05, 3.63) is 24.6 Å². The molecule has 2 amide bonds. The van der Waals surface area contributed by atoms with E-state index in [9.17, 15) is 9.59 Å². The Morgan fingerprint density at radius 2 is 2.19 bits per heavy atom. The minimum absolute atomic E-state index is 0.0606. The summed E-state index contributed by atoms with van der Waals surface area (Å²) < 4.78 is 5.05. The second-order valence-electron chi connectivity index (χ2n) is 6.47. The average Bonchev–Trinajstić information content (AvgIpc) is 3.31. The molecule has 5 N–H and O–H groups in total. The van der Waals surface area contributed by atoms with Gasteiger partial charge in [0.1, 0.15) is 18.0 Å². The summed E-state index contributed by atoms with van der Waals surface area (Å²) in [6, 6.07) is -0.0176. The van der Waals surface area contributed by atoms with Gasteiger partial charge in [0.25, 0.3) is 0 Å². The number of carbonyl (C=O) groups excluding carboxylic acids is 2. The van der Waals surface area contributed by atoms with Crippen LogP contribution in [0.25, 0.3) is 5.70 Å². The maximum atomic E-state index is 11.1. The van der Waals surface area contributed by atoms with Crippen LogP contribution < -0.4 is 16.9 Å². The molecule has 1 saturated heterocycles. The van der Waals surface area contributed by atoms with Gasteiger partial charge in [0, 0.05) is 25.8 Å². The van der Waals surface area contributed by atoms with Gasteiger partial charge in [-0.2, -0.15) is 0 Å². The summed E-state index contributed by atoms with van der Waals surface area (Å²) in [7, 11) is 1.59. The third kappa shape index (κ3) is 6.07. The number of amides is 2. The Hall–Kier alpha value is -2.55. The molecule has 0 radical (unpaired) electrons. The highest BCUT2D eigenvalue weighted by molar-refractivity contribution is 5.83. The summed E-state index contributed by atoms with van der Waals surface area (Å²) in [6.45, 7) is 6.94. The van der Waals surface area contributed by atoms with Crippen LogP contribution in [0.2, 0.25) is 0 Å². The van der Waals surface area contributed by atoms with Crippen LogP contribution in [0.5, 0.6) is 0 Å². The van der Waals surface area contributed by atoms with E-state index in [1.807, 2.05) is 6.92 Å². The Balaban J connectivity index is 0.000000273. The van der Waals surface area contributed by atoms with Crippen molar-refractivity contribution in [1.29, 1.82) is 0 Å². The Bertz CT molecular complexity index is 587. The van der Waals surface area contributed by atoms with Gasteiger partial charge >= 0.3 is 0 Å². The smallest absolute Gasteiger partial charge is 0.243 e. The number of likely N-dealkylation sites (tertiary alicyclic amines) is 1. The fourth-order valence-corrected chi connectivity index (χ4v) is 2.41. The zero-order chi connectivity index (χ0) is 19.7. The number of aromatic nitrogens is 1. The van der Waals surface area contributed by atoms with E-state index in [-0.39, 0.29) is 18.0 Å². The summed E-state index contributed by atoms with van der Waals surface area (Å²) in [5.41, 5.74) is 6.19. The van der Waals surface area contributed by atoms with E-state index in [2.05, 4.69) is 24.1 Å². The van der Waals surface area contributed by atoms with Gasteiger partial charge in [0.2, 0.25) is 18.2 Å². The van der Waals surface area contributed by atoms with Crippen LogP contribution in [0.1, 0.15) is 39.5 Å². The first-order valence-corrected chi connectivity index (χ1v) is 8.64. The first-order valence-electron chi connectivity index (χ1n) is 8.64. The topological polar surface area (TPSA) is 131 Å². The number of nitrogens with zero attached hydrogens (tertiary/aromatic N) is 3. The first kappa shape index (κ1) is 21.5. The van der Waals surface area contributed by atoms with Gasteiger partial charge in [-0.1, -0.05) is 13.8 Å². The van der Waals surface area contributed by atoms with Crippen LogP contribution in [-0.4, -0.2) is 52.9 Å². The van der Waals surface area contributed by atoms with Crippen LogP contribution in [0.15, 0.2) is 23.1 Å². The summed E-state index contributed by atoms with van der Waals surface area (Å²) in [5, 5.41) is 4.11. The molecular weight excluding hydrogens is 336 g/mol. The Kier molecular flexibility index (Phi) is 8.63. The number of hydrazine groups is 1. The average molecular weight is 366 g/mol. The first-order chi connectivity index (χ1) is 12.3. The second kappa shape index (κ2) is 10.4. The van der Waals surface area contributed by atoms with E-state index in [1.54, 1.807) is 29.4 Å². The van der Waals surface area contributed by atoms with Gasteiger partial charge in [0.15, 0.2) is 0 Å². The van der Waals surface area contributed by atoms with E-state index < -0.39 is 0 Å². The predicted molar refractivity (Wildman–Crippen MR) is 98.9 cm³/mol. The van der Waals surface area contributed by atoms with E-state index in [1.165, 1.54) is 6.26 Å². The molecular formula is C17H30N6O3. The van der Waals surface area contributed by atoms with Crippen LogP contribution in [0.4, 0.5) is 0 Å². The van der Waals surface area contributed by atoms with Crippen molar-refractivity contribution in [1.82, 2.24) is 20.2 Å². The molecule has 2 atom stereocenters. The molecule has 1 aliphatic rings. The minimum Gasteiger partial charge on any atom is -0.443 e. The van der Waals surface area contributed by atoms with Crippen molar-refractivity contribution < 1.29 is 14.0 Å². The molecule has 26 heavy (non-hydrogen) atoms. The predicted octanol–water partition coefficient (Wildman–Crippen LogP) is 0.505. The van der Waals surface area contributed by atoms with E-state index in [4.69, 9.17) is 16.0 Å². The molecule has 1 fully saturated rings. The maximum Gasteiger partial charge on any atom is 0.243 e. The number of hydrogen-bond donors (Lipinski definition) is 3. The highest BCUT2D eigenvalue weighted by Crippen LogP contribution is 2.14. The number of nitrogens with two attached hydrogens (primary N) is 2. The largest absolute Gasteiger partial charge is 0.443 e. The van der Waals surface area contributed by atoms with Crippen molar-refractivity contribution in [2.24, 2.45) is 17.5 Å². The molecule has 1 aliphatic heterocycles. The van der Waals surface area contributed by atoms with Crippen LogP contribution >= 0.6 is 0 Å². The molecule has 0 bridgehead atoms. The van der Waals surface area contributed by atoms with Gasteiger partial charge in [-0.05, 0) is 25.7 Å². The number of likely N-dealkylation sites (N-methyl/N-ethyl adjacent to an activating group) is 1. The van der Waals surface area contributed by atoms with E-state index >= 15 is 0 Å². The standard InChI is InChI=1S/C10H18N4O.C7H12N2O2/c1-7(2)8(3)14(12)6-9(11)10-13-4-5-15-10;1-8-7(11)6-3-2-4-9(6)5-10/h4-8H,11-12H2,1-3H3;5-6H,2-4H2,1H3,(H,8,11)/b9-6-;. The zero-order valence-corrected chi connectivity index (χ0v) is 15.9. The van der Waals surface area contributed by atoms with Crippen LogP contribution in [0, 0.1) is 5.92 Å². The van der Waals surface area contributed by atoms with E-state index in [0.717, 1.165) is 19.3 Å².